The Kier molecular flexibility index (Phi) is 8.01. The highest BCUT2D eigenvalue weighted by molar-refractivity contribution is 5.73. The molecule has 7 nitrogen and oxygen atoms in total. The molecular formula is C17H26O7. The molecule has 0 radical (unpaired) electrons. The van der Waals surface area contributed by atoms with Crippen LogP contribution in [0.4, 0.5) is 4.79 Å². The Morgan fingerprint density at radius 1 is 0.875 bits per heavy atom. The average molecular weight is 342 g/mol. The lowest BCUT2D eigenvalue weighted by Gasteiger charge is -2.22. The Labute approximate surface area is 142 Å². The summed E-state index contributed by atoms with van der Waals surface area (Å²) in [4.78, 5) is 11.0. The Balaban J connectivity index is 3.66. The van der Waals surface area contributed by atoms with Crippen molar-refractivity contribution < 1.29 is 34.0 Å². The van der Waals surface area contributed by atoms with Crippen LogP contribution < -0.4 is 18.9 Å². The largest absolute Gasteiger partial charge is 0.511 e. The van der Waals surface area contributed by atoms with Gasteiger partial charge in [-0.2, -0.15) is 0 Å². The molecule has 1 aromatic rings. The number of hydrogen-bond donors (Lipinski definition) is 2. The van der Waals surface area contributed by atoms with Gasteiger partial charge in [-0.3, -0.25) is 0 Å². The van der Waals surface area contributed by atoms with Crippen LogP contribution in [0, 0.1) is 0 Å². The van der Waals surface area contributed by atoms with E-state index in [0.29, 0.717) is 30.9 Å². The summed E-state index contributed by atoms with van der Waals surface area (Å²) in [5, 5.41) is 19.5. The summed E-state index contributed by atoms with van der Waals surface area (Å²) >= 11 is 0. The van der Waals surface area contributed by atoms with Gasteiger partial charge in [0.15, 0.2) is 11.5 Å². The molecule has 2 N–H and O–H groups in total. The van der Waals surface area contributed by atoms with Gasteiger partial charge in [-0.1, -0.05) is 13.3 Å². The molecule has 0 unspecified atom stereocenters. The molecule has 7 heteroatoms. The zero-order valence-electron chi connectivity index (χ0n) is 14.7. The van der Waals surface area contributed by atoms with Crippen molar-refractivity contribution in [3.8, 4) is 28.7 Å². The predicted octanol–water partition coefficient (Wildman–Crippen LogP) is 3.99. The molecule has 0 spiro atoms. The van der Waals surface area contributed by atoms with Gasteiger partial charge in [-0.05, 0) is 33.6 Å². The van der Waals surface area contributed by atoms with E-state index in [2.05, 4.69) is 0 Å². The fourth-order valence-electron chi connectivity index (χ4n) is 2.33. The number of hydrogen-bond acceptors (Lipinski definition) is 6. The lowest BCUT2D eigenvalue weighted by atomic mass is 10.0. The van der Waals surface area contributed by atoms with Crippen molar-refractivity contribution in [1.82, 2.24) is 0 Å². The molecular weight excluding hydrogens is 316 g/mol. The SMILES string of the molecule is CCCCc1c(OC(=O)O)c(O)c(OCC)c(OCC)c1OCC. The van der Waals surface area contributed by atoms with Crippen molar-refractivity contribution in [3.05, 3.63) is 5.56 Å². The average Bonchev–Trinajstić information content (AvgIpc) is 2.54. The molecule has 24 heavy (non-hydrogen) atoms. The number of ether oxygens (including phenoxy) is 4. The van der Waals surface area contributed by atoms with Crippen LogP contribution in [0.3, 0.4) is 0 Å². The molecule has 0 aliphatic heterocycles. The van der Waals surface area contributed by atoms with Crippen molar-refractivity contribution in [1.29, 1.82) is 0 Å². The van der Waals surface area contributed by atoms with Gasteiger partial charge in [0.25, 0.3) is 0 Å². The molecule has 0 aromatic heterocycles. The van der Waals surface area contributed by atoms with Crippen LogP contribution in [0.25, 0.3) is 0 Å². The summed E-state index contributed by atoms with van der Waals surface area (Å²) < 4.78 is 21.6. The van der Waals surface area contributed by atoms with E-state index in [1.165, 1.54) is 0 Å². The van der Waals surface area contributed by atoms with Crippen LogP contribution >= 0.6 is 0 Å². The van der Waals surface area contributed by atoms with Crippen molar-refractivity contribution in [2.24, 2.45) is 0 Å². The maximum atomic E-state index is 11.0. The van der Waals surface area contributed by atoms with E-state index < -0.39 is 11.9 Å². The summed E-state index contributed by atoms with van der Waals surface area (Å²) in [5.74, 6) is 0.0932. The Hall–Kier alpha value is -2.31. The minimum atomic E-state index is -1.52. The summed E-state index contributed by atoms with van der Waals surface area (Å²) in [5.41, 5.74) is 0.463. The first-order chi connectivity index (χ1) is 11.5. The van der Waals surface area contributed by atoms with Crippen molar-refractivity contribution in [2.75, 3.05) is 19.8 Å². The molecule has 0 bridgehead atoms. The lowest BCUT2D eigenvalue weighted by molar-refractivity contribution is 0.141. The molecule has 1 aromatic carbocycles. The Bertz CT molecular complexity index is 555. The van der Waals surface area contributed by atoms with E-state index in [1.807, 2.05) is 13.8 Å². The van der Waals surface area contributed by atoms with Gasteiger partial charge in [-0.15, -0.1) is 0 Å². The standard InChI is InChI=1S/C17H26O7/c1-5-9-10-11-13(24-17(19)20)12(18)15(22-7-3)16(23-8-4)14(11)21-6-2/h18H,5-10H2,1-4H3,(H,19,20). The fourth-order valence-corrected chi connectivity index (χ4v) is 2.33. The third-order valence-electron chi connectivity index (χ3n) is 3.23. The smallest absolute Gasteiger partial charge is 0.502 e. The summed E-state index contributed by atoms with van der Waals surface area (Å²) in [7, 11) is 0. The van der Waals surface area contributed by atoms with Crippen LogP contribution in [0.1, 0.15) is 46.1 Å². The van der Waals surface area contributed by atoms with Crippen LogP contribution in [0.15, 0.2) is 0 Å². The Morgan fingerprint density at radius 3 is 1.92 bits per heavy atom. The van der Waals surface area contributed by atoms with Gasteiger partial charge in [-0.25, -0.2) is 4.79 Å². The van der Waals surface area contributed by atoms with Gasteiger partial charge in [0, 0.05) is 5.56 Å². The Morgan fingerprint density at radius 2 is 1.42 bits per heavy atom. The lowest BCUT2D eigenvalue weighted by Crippen LogP contribution is -2.11. The van der Waals surface area contributed by atoms with Crippen molar-refractivity contribution in [3.63, 3.8) is 0 Å². The number of carboxylic acid groups (broad SMARTS) is 1. The van der Waals surface area contributed by atoms with Gasteiger partial charge >= 0.3 is 6.16 Å². The van der Waals surface area contributed by atoms with Crippen LogP contribution in [-0.4, -0.2) is 36.2 Å². The van der Waals surface area contributed by atoms with Crippen LogP contribution in [0.2, 0.25) is 0 Å². The third kappa shape index (κ3) is 4.59. The van der Waals surface area contributed by atoms with Gasteiger partial charge < -0.3 is 29.2 Å². The first-order valence-electron chi connectivity index (χ1n) is 8.22. The first kappa shape index (κ1) is 19.7. The molecule has 0 amide bonds. The minimum absolute atomic E-state index is 0.0271. The number of phenolic OH excluding ortho intramolecular Hbond substituents is 1. The second-order valence-corrected chi connectivity index (χ2v) is 4.91. The van der Waals surface area contributed by atoms with E-state index in [1.54, 1.807) is 13.8 Å². The van der Waals surface area contributed by atoms with Crippen molar-refractivity contribution >= 4 is 6.16 Å². The van der Waals surface area contributed by atoms with E-state index >= 15 is 0 Å². The number of unbranched alkanes of at least 4 members (excludes halogenated alkanes) is 1. The first-order valence-corrected chi connectivity index (χ1v) is 8.22. The molecule has 1 rings (SSSR count). The molecule has 0 saturated heterocycles. The quantitative estimate of drug-likeness (QED) is 0.490. The number of carbonyl (C=O) groups is 1. The molecule has 0 aliphatic rings. The van der Waals surface area contributed by atoms with E-state index in [4.69, 9.17) is 24.1 Å². The maximum Gasteiger partial charge on any atom is 0.511 e. The summed E-state index contributed by atoms with van der Waals surface area (Å²) in [6, 6.07) is 0. The zero-order chi connectivity index (χ0) is 18.1. The number of aromatic hydroxyl groups is 1. The van der Waals surface area contributed by atoms with Crippen LogP contribution in [0.5, 0.6) is 28.7 Å². The van der Waals surface area contributed by atoms with Crippen molar-refractivity contribution in [2.45, 2.75) is 47.0 Å². The second kappa shape index (κ2) is 9.75. The highest BCUT2D eigenvalue weighted by Gasteiger charge is 2.29. The molecule has 0 fully saturated rings. The van der Waals surface area contributed by atoms with Crippen LogP contribution in [-0.2, 0) is 6.42 Å². The molecule has 0 saturated carbocycles. The highest BCUT2D eigenvalue weighted by Crippen LogP contribution is 2.53. The molecule has 136 valence electrons. The third-order valence-corrected chi connectivity index (χ3v) is 3.23. The second-order valence-electron chi connectivity index (χ2n) is 4.91. The van der Waals surface area contributed by atoms with E-state index in [0.717, 1.165) is 12.8 Å². The number of benzene rings is 1. The normalized spacial score (nSPS) is 10.3. The molecule has 0 atom stereocenters. The fraction of sp³-hybridized carbons (Fsp3) is 0.588. The monoisotopic (exact) mass is 342 g/mol. The summed E-state index contributed by atoms with van der Waals surface area (Å²) in [6.45, 7) is 8.32. The maximum absolute atomic E-state index is 11.0. The van der Waals surface area contributed by atoms with E-state index in [9.17, 15) is 9.90 Å². The number of phenols is 1. The minimum Gasteiger partial charge on any atom is -0.502 e. The van der Waals surface area contributed by atoms with Gasteiger partial charge in [0.1, 0.15) is 0 Å². The highest BCUT2D eigenvalue weighted by atomic mass is 16.7. The topological polar surface area (TPSA) is 94.5 Å². The predicted molar refractivity (Wildman–Crippen MR) is 88.9 cm³/mol. The molecule has 0 aliphatic carbocycles. The summed E-state index contributed by atoms with van der Waals surface area (Å²) in [6.07, 6.45) is 0.622. The van der Waals surface area contributed by atoms with E-state index in [-0.39, 0.29) is 23.9 Å². The van der Waals surface area contributed by atoms with Gasteiger partial charge in [0.2, 0.25) is 17.2 Å². The zero-order valence-corrected chi connectivity index (χ0v) is 14.7. The number of rotatable bonds is 10. The van der Waals surface area contributed by atoms with Gasteiger partial charge in [0.05, 0.1) is 19.8 Å². The molecule has 0 heterocycles.